The molecule has 6 nitrogen and oxygen atoms in total. The molecule has 1 aliphatic heterocycles. The molecule has 1 saturated heterocycles. The molecule has 1 aromatic heterocycles. The lowest BCUT2D eigenvalue weighted by Crippen LogP contribution is -2.24. The van der Waals surface area contributed by atoms with E-state index in [0.717, 1.165) is 11.1 Å². The average Bonchev–Trinajstić information content (AvgIpc) is 2.61. The van der Waals surface area contributed by atoms with Gasteiger partial charge in [0.05, 0.1) is 16.4 Å². The Labute approximate surface area is 149 Å². The highest BCUT2D eigenvalue weighted by atomic mass is 32.2. The highest BCUT2D eigenvalue weighted by molar-refractivity contribution is 7.91. The number of pyridine rings is 1. The highest BCUT2D eigenvalue weighted by Gasteiger charge is 2.25. The second kappa shape index (κ2) is 7.23. The number of sulfone groups is 1. The molecular weight excluding hydrogens is 360 g/mol. The second-order valence-electron chi connectivity index (χ2n) is 6.18. The maximum Gasteiger partial charge on any atom is 0.240 e. The molecule has 1 N–H and O–H groups in total. The third-order valence-electron chi connectivity index (χ3n) is 4.43. The summed E-state index contributed by atoms with van der Waals surface area (Å²) in [5.41, 5.74) is 1.82. The van der Waals surface area contributed by atoms with Gasteiger partial charge in [-0.25, -0.2) is 21.6 Å². The molecule has 1 aliphatic rings. The fourth-order valence-corrected chi connectivity index (χ4v) is 5.41. The van der Waals surface area contributed by atoms with Crippen molar-refractivity contribution in [3.63, 3.8) is 0 Å². The topological polar surface area (TPSA) is 93.2 Å². The van der Waals surface area contributed by atoms with Gasteiger partial charge in [0.2, 0.25) is 10.0 Å². The Balaban J connectivity index is 0.00000243. The summed E-state index contributed by atoms with van der Waals surface area (Å²) < 4.78 is 50.3. The summed E-state index contributed by atoms with van der Waals surface area (Å²) in [7, 11) is -6.49. The zero-order valence-electron chi connectivity index (χ0n) is 13.6. The van der Waals surface area contributed by atoms with Crippen molar-refractivity contribution in [2.24, 2.45) is 0 Å². The van der Waals surface area contributed by atoms with E-state index < -0.39 is 19.9 Å². The molecule has 8 heteroatoms. The first-order chi connectivity index (χ1) is 11.9. The first-order valence-corrected chi connectivity index (χ1v) is 11.4. The predicted molar refractivity (Wildman–Crippen MR) is 97.4 cm³/mol. The molecule has 0 bridgehead atoms. The van der Waals surface area contributed by atoms with Crippen molar-refractivity contribution in [2.45, 2.75) is 30.2 Å². The number of hydrogen-bond acceptors (Lipinski definition) is 5. The summed E-state index contributed by atoms with van der Waals surface area (Å²) >= 11 is 0. The molecule has 0 atom stereocenters. The summed E-state index contributed by atoms with van der Waals surface area (Å²) in [5.74, 6) is 0.571. The van der Waals surface area contributed by atoms with Crippen LogP contribution in [0.15, 0.2) is 53.7 Å². The van der Waals surface area contributed by atoms with E-state index in [4.69, 9.17) is 0 Å². The number of rotatable bonds is 5. The van der Waals surface area contributed by atoms with E-state index in [1.807, 2.05) is 0 Å². The summed E-state index contributed by atoms with van der Waals surface area (Å²) in [4.78, 5) is 4.10. The molecular formula is C17H22N2O4S2. The van der Waals surface area contributed by atoms with Gasteiger partial charge in [-0.1, -0.05) is 12.1 Å². The van der Waals surface area contributed by atoms with Crippen molar-refractivity contribution in [3.8, 4) is 0 Å². The molecule has 0 unspecified atom stereocenters. The number of nitrogens with zero attached hydrogens (tertiary/aromatic N) is 1. The molecule has 2 aromatic rings. The van der Waals surface area contributed by atoms with Crippen LogP contribution in [0.5, 0.6) is 0 Å². The Hall–Kier alpha value is -1.77. The summed E-state index contributed by atoms with van der Waals surface area (Å²) in [6, 6.07) is 10.2. The first kappa shape index (κ1) is 18.0. The average molecular weight is 383 g/mol. The van der Waals surface area contributed by atoms with Gasteiger partial charge in [0.25, 0.3) is 0 Å². The van der Waals surface area contributed by atoms with Crippen molar-refractivity contribution in [1.29, 1.82) is 0 Å². The molecule has 0 spiro atoms. The second-order valence-corrected chi connectivity index (χ2v) is 10.2. The van der Waals surface area contributed by atoms with Crippen LogP contribution < -0.4 is 4.72 Å². The van der Waals surface area contributed by atoms with Gasteiger partial charge in [-0.2, -0.15) is 0 Å². The minimum absolute atomic E-state index is 0. The molecule has 136 valence electrons. The molecule has 3 rings (SSSR count). The standard InChI is InChI=1S/C17H20N2O4S2.H2/c20-24(21)11-7-16(8-12-24)15-1-3-17(4-2-15)25(22,23)19-13-14-5-9-18-10-6-14;/h1-6,9-10,16,19H,7-8,11-13H2;1H. The van der Waals surface area contributed by atoms with E-state index in [-0.39, 0.29) is 30.3 Å². The number of nitrogens with one attached hydrogen (secondary N) is 1. The van der Waals surface area contributed by atoms with E-state index >= 15 is 0 Å². The van der Waals surface area contributed by atoms with Crippen LogP contribution in [0.3, 0.4) is 0 Å². The summed E-state index contributed by atoms with van der Waals surface area (Å²) in [5, 5.41) is 0. The van der Waals surface area contributed by atoms with Crippen LogP contribution in [0.25, 0.3) is 0 Å². The van der Waals surface area contributed by atoms with Crippen molar-refractivity contribution in [2.75, 3.05) is 11.5 Å². The quantitative estimate of drug-likeness (QED) is 0.855. The predicted octanol–water partition coefficient (Wildman–Crippen LogP) is 2.10. The molecule has 0 saturated carbocycles. The van der Waals surface area contributed by atoms with Crippen LogP contribution in [0, 0.1) is 0 Å². The molecule has 1 fully saturated rings. The number of benzene rings is 1. The molecule has 0 amide bonds. The van der Waals surface area contributed by atoms with Crippen molar-refractivity contribution >= 4 is 19.9 Å². The first-order valence-electron chi connectivity index (χ1n) is 8.05. The van der Waals surface area contributed by atoms with Gasteiger partial charge in [-0.05, 0) is 54.2 Å². The van der Waals surface area contributed by atoms with Gasteiger partial charge in [-0.15, -0.1) is 0 Å². The van der Waals surface area contributed by atoms with Gasteiger partial charge in [0, 0.05) is 20.4 Å². The van der Waals surface area contributed by atoms with Crippen LogP contribution in [0.1, 0.15) is 31.3 Å². The van der Waals surface area contributed by atoms with E-state index in [2.05, 4.69) is 9.71 Å². The van der Waals surface area contributed by atoms with Gasteiger partial charge >= 0.3 is 0 Å². The van der Waals surface area contributed by atoms with E-state index in [9.17, 15) is 16.8 Å². The van der Waals surface area contributed by atoms with Gasteiger partial charge in [0.15, 0.2) is 0 Å². The zero-order chi connectivity index (χ0) is 17.9. The molecule has 2 heterocycles. The molecule has 0 aliphatic carbocycles. The molecule has 0 radical (unpaired) electrons. The van der Waals surface area contributed by atoms with E-state index in [1.54, 1.807) is 48.8 Å². The Kier molecular flexibility index (Phi) is 5.21. The maximum absolute atomic E-state index is 12.4. The fourth-order valence-electron chi connectivity index (χ4n) is 2.90. The lowest BCUT2D eigenvalue weighted by molar-refractivity contribution is 0.550. The number of aromatic nitrogens is 1. The Morgan fingerprint density at radius 1 is 1.04 bits per heavy atom. The fraction of sp³-hybridized carbons (Fsp3) is 0.353. The monoisotopic (exact) mass is 382 g/mol. The van der Waals surface area contributed by atoms with Crippen LogP contribution in [-0.4, -0.2) is 33.3 Å². The van der Waals surface area contributed by atoms with Crippen LogP contribution in [0.4, 0.5) is 0 Å². The lowest BCUT2D eigenvalue weighted by atomic mass is 9.94. The van der Waals surface area contributed by atoms with Gasteiger partial charge < -0.3 is 0 Å². The van der Waals surface area contributed by atoms with Crippen LogP contribution in [-0.2, 0) is 26.4 Å². The van der Waals surface area contributed by atoms with Gasteiger partial charge in [-0.3, -0.25) is 4.98 Å². The smallest absolute Gasteiger partial charge is 0.240 e. The zero-order valence-corrected chi connectivity index (χ0v) is 15.3. The van der Waals surface area contributed by atoms with Crippen LogP contribution >= 0.6 is 0 Å². The largest absolute Gasteiger partial charge is 0.265 e. The number of sulfonamides is 1. The number of hydrogen-bond donors (Lipinski definition) is 1. The Morgan fingerprint density at radius 2 is 1.64 bits per heavy atom. The Bertz CT molecular complexity index is 916. The van der Waals surface area contributed by atoms with Gasteiger partial charge in [0.1, 0.15) is 9.84 Å². The van der Waals surface area contributed by atoms with E-state index in [1.165, 1.54) is 0 Å². The third-order valence-corrected chi connectivity index (χ3v) is 7.56. The van der Waals surface area contributed by atoms with Crippen molar-refractivity contribution in [1.82, 2.24) is 9.71 Å². The minimum Gasteiger partial charge on any atom is -0.265 e. The third kappa shape index (κ3) is 4.65. The summed E-state index contributed by atoms with van der Waals surface area (Å²) in [6.07, 6.45) is 4.41. The van der Waals surface area contributed by atoms with Crippen molar-refractivity contribution < 1.29 is 18.3 Å². The SMILES string of the molecule is O=S1(=O)CCC(c2ccc(S(=O)(=O)NCc3ccncc3)cc2)CC1.[HH]. The highest BCUT2D eigenvalue weighted by Crippen LogP contribution is 2.29. The lowest BCUT2D eigenvalue weighted by Gasteiger charge is -2.22. The van der Waals surface area contributed by atoms with Crippen LogP contribution in [0.2, 0.25) is 0 Å². The molecule has 1 aromatic carbocycles. The summed E-state index contributed by atoms with van der Waals surface area (Å²) in [6.45, 7) is 0.201. The Morgan fingerprint density at radius 3 is 2.24 bits per heavy atom. The van der Waals surface area contributed by atoms with Crippen molar-refractivity contribution in [3.05, 3.63) is 59.9 Å². The normalized spacial score (nSPS) is 18.1. The van der Waals surface area contributed by atoms with E-state index in [0.29, 0.717) is 12.8 Å². The minimum atomic E-state index is -3.59. The molecule has 25 heavy (non-hydrogen) atoms. The maximum atomic E-state index is 12.4.